The van der Waals surface area contributed by atoms with Crippen molar-refractivity contribution in [2.75, 3.05) is 24.7 Å². The van der Waals surface area contributed by atoms with Crippen LogP contribution in [0.1, 0.15) is 93.6 Å². The summed E-state index contributed by atoms with van der Waals surface area (Å²) in [6.45, 7) is 9.81. The zero-order valence-corrected chi connectivity index (χ0v) is 22.9. The number of aliphatic hydroxyl groups is 1. The number of aromatic carboxylic acids is 1. The molecule has 36 heavy (non-hydrogen) atoms. The second kappa shape index (κ2) is 10.9. The van der Waals surface area contributed by atoms with E-state index in [0.717, 1.165) is 24.1 Å². The summed E-state index contributed by atoms with van der Waals surface area (Å²) < 4.78 is 11.3. The number of carboxylic acids is 1. The Balaban J connectivity index is 1.58. The van der Waals surface area contributed by atoms with E-state index in [4.69, 9.17) is 9.47 Å². The Morgan fingerprint density at radius 2 is 1.94 bits per heavy atom. The highest BCUT2D eigenvalue weighted by Crippen LogP contribution is 2.42. The minimum absolute atomic E-state index is 0.00861. The van der Waals surface area contributed by atoms with Crippen molar-refractivity contribution < 1.29 is 29.3 Å². The number of amides is 1. The van der Waals surface area contributed by atoms with Crippen LogP contribution in [-0.4, -0.2) is 59.7 Å². The summed E-state index contributed by atoms with van der Waals surface area (Å²) in [4.78, 5) is 29.3. The molecule has 200 valence electrons. The van der Waals surface area contributed by atoms with Crippen LogP contribution in [0, 0.1) is 5.92 Å². The van der Waals surface area contributed by atoms with Crippen LogP contribution in [-0.2, 0) is 19.7 Å². The normalized spacial score (nSPS) is 29.1. The molecule has 1 saturated carbocycles. The number of carbonyl (C=O) groups is 2. The first-order valence-electron chi connectivity index (χ1n) is 13.2. The molecular formula is C28H41NO6S. The monoisotopic (exact) mass is 519 g/mol. The predicted octanol–water partition coefficient (Wildman–Crippen LogP) is 5.30. The maximum absolute atomic E-state index is 14.0. The molecule has 2 N–H and O–H groups in total. The predicted molar refractivity (Wildman–Crippen MR) is 141 cm³/mol. The summed E-state index contributed by atoms with van der Waals surface area (Å²) in [6, 6.07) is 1.76. The molecule has 0 spiro atoms. The van der Waals surface area contributed by atoms with Crippen LogP contribution in [0.3, 0.4) is 0 Å². The number of anilines is 1. The van der Waals surface area contributed by atoms with Crippen molar-refractivity contribution in [1.82, 2.24) is 0 Å². The molecule has 1 aromatic rings. The van der Waals surface area contributed by atoms with Crippen molar-refractivity contribution in [3.05, 3.63) is 27.5 Å². The quantitative estimate of drug-likeness (QED) is 0.475. The van der Waals surface area contributed by atoms with Crippen LogP contribution in [0.5, 0.6) is 0 Å². The van der Waals surface area contributed by atoms with Gasteiger partial charge in [0.2, 0.25) is 5.91 Å². The summed E-state index contributed by atoms with van der Waals surface area (Å²) >= 11 is 1.27. The third-order valence-corrected chi connectivity index (χ3v) is 9.39. The molecule has 2 atom stereocenters. The van der Waals surface area contributed by atoms with E-state index in [-0.39, 0.29) is 40.9 Å². The Bertz CT molecular complexity index is 979. The Kier molecular flexibility index (Phi) is 8.29. The molecule has 8 heteroatoms. The van der Waals surface area contributed by atoms with Gasteiger partial charge in [-0.05, 0) is 69.8 Å². The summed E-state index contributed by atoms with van der Waals surface area (Å²) in [5.41, 5.74) is 0.668. The number of nitrogens with zero attached hydrogens (tertiary/aromatic N) is 1. The molecule has 1 saturated heterocycles. The Hall–Kier alpha value is -1.74. The van der Waals surface area contributed by atoms with Crippen molar-refractivity contribution >= 4 is 28.9 Å². The Labute approximate surface area is 218 Å². The fourth-order valence-electron chi connectivity index (χ4n) is 5.42. The second-order valence-electron chi connectivity index (χ2n) is 11.9. The van der Waals surface area contributed by atoms with Gasteiger partial charge in [0.05, 0.1) is 30.6 Å². The number of hydrogen-bond donors (Lipinski definition) is 2. The summed E-state index contributed by atoms with van der Waals surface area (Å²) in [6.07, 6.45) is 7.62. The average Bonchev–Trinajstić information content (AvgIpc) is 3.50. The molecule has 0 aromatic carbocycles. The highest BCUT2D eigenvalue weighted by molar-refractivity contribution is 7.14. The third kappa shape index (κ3) is 6.21. The van der Waals surface area contributed by atoms with Gasteiger partial charge in [0, 0.05) is 23.4 Å². The van der Waals surface area contributed by atoms with Crippen molar-refractivity contribution in [2.45, 2.75) is 102 Å². The summed E-state index contributed by atoms with van der Waals surface area (Å²) in [5, 5.41) is 21.3. The number of ether oxygens (including phenoxy) is 2. The van der Waals surface area contributed by atoms with Gasteiger partial charge in [-0.15, -0.1) is 11.3 Å². The van der Waals surface area contributed by atoms with E-state index < -0.39 is 11.6 Å². The molecule has 7 nitrogen and oxygen atoms in total. The lowest BCUT2D eigenvalue weighted by Gasteiger charge is -2.42. The van der Waals surface area contributed by atoms with Crippen LogP contribution < -0.4 is 4.90 Å². The summed E-state index contributed by atoms with van der Waals surface area (Å²) in [7, 11) is 0. The topological polar surface area (TPSA) is 96.3 Å². The Morgan fingerprint density at radius 1 is 1.22 bits per heavy atom. The van der Waals surface area contributed by atoms with Crippen molar-refractivity contribution in [1.29, 1.82) is 0 Å². The average molecular weight is 520 g/mol. The first kappa shape index (κ1) is 27.3. The van der Waals surface area contributed by atoms with E-state index in [2.05, 4.69) is 33.8 Å². The molecular weight excluding hydrogens is 478 g/mol. The number of rotatable bonds is 7. The molecule has 1 aliphatic heterocycles. The standard InChI is InChI=1S/C28H41NO6S/c1-18-5-7-19(8-6-18)25(30)29(22-15-23(27(2,3)4)36-24(22)26(31)32)20-9-12-28(33,13-10-20)17-35-21-11-14-34-16-21/h5,15,19-21,33H,6-14,16-17H2,1-4H3,(H,31,32)/t19-,20?,21+,28?/m1/s1. The number of carboxylic acid groups (broad SMARTS) is 1. The number of carbonyl (C=O) groups excluding carboxylic acids is 1. The molecule has 2 heterocycles. The van der Waals surface area contributed by atoms with Crippen molar-refractivity contribution in [3.8, 4) is 0 Å². The number of thiophene rings is 1. The lowest BCUT2D eigenvalue weighted by Crippen LogP contribution is -2.50. The summed E-state index contributed by atoms with van der Waals surface area (Å²) in [5.74, 6) is -1.14. The van der Waals surface area contributed by atoms with E-state index in [9.17, 15) is 19.8 Å². The maximum atomic E-state index is 14.0. The molecule has 3 aliphatic rings. The van der Waals surface area contributed by atoms with Crippen LogP contribution in [0.4, 0.5) is 5.69 Å². The number of allylic oxidation sites excluding steroid dienone is 2. The van der Waals surface area contributed by atoms with Gasteiger partial charge < -0.3 is 24.6 Å². The zero-order valence-electron chi connectivity index (χ0n) is 22.0. The zero-order chi connectivity index (χ0) is 26.1. The Morgan fingerprint density at radius 3 is 2.50 bits per heavy atom. The largest absolute Gasteiger partial charge is 0.477 e. The van der Waals surface area contributed by atoms with Gasteiger partial charge in [0.1, 0.15) is 4.88 Å². The van der Waals surface area contributed by atoms with Crippen LogP contribution >= 0.6 is 11.3 Å². The third-order valence-electron chi connectivity index (χ3n) is 7.86. The van der Waals surface area contributed by atoms with Gasteiger partial charge in [0.25, 0.3) is 0 Å². The molecule has 0 radical (unpaired) electrons. The molecule has 0 bridgehead atoms. The minimum Gasteiger partial charge on any atom is -0.477 e. The highest BCUT2D eigenvalue weighted by Gasteiger charge is 2.41. The fourth-order valence-corrected chi connectivity index (χ4v) is 6.47. The molecule has 2 fully saturated rings. The van der Waals surface area contributed by atoms with Gasteiger partial charge in [-0.1, -0.05) is 32.4 Å². The van der Waals surface area contributed by atoms with Crippen molar-refractivity contribution in [2.24, 2.45) is 5.92 Å². The van der Waals surface area contributed by atoms with E-state index in [1.54, 1.807) is 4.90 Å². The molecule has 0 unspecified atom stereocenters. The first-order valence-corrected chi connectivity index (χ1v) is 14.1. The van der Waals surface area contributed by atoms with Gasteiger partial charge in [0.15, 0.2) is 0 Å². The number of hydrogen-bond acceptors (Lipinski definition) is 6. The van der Waals surface area contributed by atoms with Crippen molar-refractivity contribution in [3.63, 3.8) is 0 Å². The van der Waals surface area contributed by atoms with Gasteiger partial charge >= 0.3 is 5.97 Å². The first-order chi connectivity index (χ1) is 17.0. The van der Waals surface area contributed by atoms with E-state index >= 15 is 0 Å². The maximum Gasteiger partial charge on any atom is 0.348 e. The van der Waals surface area contributed by atoms with Gasteiger partial charge in [-0.2, -0.15) is 0 Å². The molecule has 4 rings (SSSR count). The van der Waals surface area contributed by atoms with Crippen LogP contribution in [0.2, 0.25) is 0 Å². The van der Waals surface area contributed by atoms with Gasteiger partial charge in [-0.25, -0.2) is 4.79 Å². The smallest absolute Gasteiger partial charge is 0.348 e. The van der Waals surface area contributed by atoms with Crippen LogP contribution in [0.15, 0.2) is 17.7 Å². The minimum atomic E-state index is -0.998. The highest BCUT2D eigenvalue weighted by atomic mass is 32.1. The SMILES string of the molecule is CC1=CC[C@@H](C(=O)N(c2cc(C(C)(C)C)sc2C(=O)O)C2CCC(O)(CO[C@H]3CCOC3)CC2)CC1. The van der Waals surface area contributed by atoms with Gasteiger partial charge in [-0.3, -0.25) is 4.79 Å². The van der Waals surface area contributed by atoms with Crippen LogP contribution in [0.25, 0.3) is 0 Å². The molecule has 1 aromatic heterocycles. The lowest BCUT2D eigenvalue weighted by molar-refractivity contribution is -0.124. The van der Waals surface area contributed by atoms with E-state index in [0.29, 0.717) is 51.0 Å². The van der Waals surface area contributed by atoms with E-state index in [1.165, 1.54) is 16.9 Å². The molecule has 2 aliphatic carbocycles. The lowest BCUT2D eigenvalue weighted by atomic mass is 9.81. The molecule has 1 amide bonds. The fraction of sp³-hybridized carbons (Fsp3) is 0.714. The van der Waals surface area contributed by atoms with E-state index in [1.807, 2.05) is 6.07 Å². The second-order valence-corrected chi connectivity index (χ2v) is 12.9.